The largest absolute Gasteiger partial charge is 0.507 e. The van der Waals surface area contributed by atoms with Crippen LogP contribution in [0.4, 0.5) is 0 Å². The minimum absolute atomic E-state index is 0.000685. The van der Waals surface area contributed by atoms with E-state index >= 15 is 0 Å². The van der Waals surface area contributed by atoms with E-state index in [0.717, 1.165) is 0 Å². The third-order valence-corrected chi connectivity index (χ3v) is 5.05. The molecule has 0 atom stereocenters. The van der Waals surface area contributed by atoms with Crippen LogP contribution in [0.1, 0.15) is 23.6 Å². The van der Waals surface area contributed by atoms with Gasteiger partial charge in [-0.1, -0.05) is 0 Å². The summed E-state index contributed by atoms with van der Waals surface area (Å²) >= 11 is 0. The van der Waals surface area contributed by atoms with Crippen molar-refractivity contribution in [3.63, 3.8) is 0 Å². The van der Waals surface area contributed by atoms with Crippen molar-refractivity contribution < 1.29 is 29.5 Å². The van der Waals surface area contributed by atoms with Crippen LogP contribution in [0.5, 0.6) is 34.5 Å². The molecule has 3 rings (SSSR count). The Labute approximate surface area is 203 Å². The molecule has 0 aromatic heterocycles. The Kier molecular flexibility index (Phi) is 7.93. The van der Waals surface area contributed by atoms with Gasteiger partial charge in [0.1, 0.15) is 34.5 Å². The predicted octanol–water partition coefficient (Wildman–Crippen LogP) is 4.16. The molecule has 0 saturated heterocycles. The first-order chi connectivity index (χ1) is 16.8. The van der Waals surface area contributed by atoms with Gasteiger partial charge in [-0.25, -0.2) is 15.0 Å². The summed E-state index contributed by atoms with van der Waals surface area (Å²) in [5, 5.41) is 30.6. The van der Waals surface area contributed by atoms with Gasteiger partial charge in [-0.05, 0) is 54.6 Å². The summed E-state index contributed by atoms with van der Waals surface area (Å²) in [4.78, 5) is 13.4. The van der Waals surface area contributed by atoms with E-state index in [-0.39, 0.29) is 17.2 Å². The molecule has 0 heterocycles. The summed E-state index contributed by atoms with van der Waals surface area (Å²) in [5.74, 6) is 0.199. The normalized spacial score (nSPS) is 12.0. The quantitative estimate of drug-likeness (QED) is 0.398. The SMILES string of the molecule is COc1ccc(O)c(/C=N/C(C)(/N=C/c2cc(OC)ccc2O)/N=C/c2cc(OC)ccc2O)c1. The number of aromatic hydroxyl groups is 3. The highest BCUT2D eigenvalue weighted by Gasteiger charge is 2.19. The van der Waals surface area contributed by atoms with Crippen molar-refractivity contribution in [3.8, 4) is 34.5 Å². The van der Waals surface area contributed by atoms with E-state index in [1.165, 1.54) is 58.2 Å². The Bertz CT molecular complexity index is 1120. The third-order valence-electron chi connectivity index (χ3n) is 5.05. The fourth-order valence-corrected chi connectivity index (χ4v) is 2.96. The Hall–Kier alpha value is -4.53. The summed E-state index contributed by atoms with van der Waals surface area (Å²) in [6.45, 7) is 1.63. The fraction of sp³-hybridized carbons (Fsp3) is 0.192. The van der Waals surface area contributed by atoms with E-state index in [1.807, 2.05) is 0 Å². The lowest BCUT2D eigenvalue weighted by Gasteiger charge is -2.16. The second-order valence-electron chi connectivity index (χ2n) is 7.52. The monoisotopic (exact) mass is 477 g/mol. The fourth-order valence-electron chi connectivity index (χ4n) is 2.96. The summed E-state index contributed by atoms with van der Waals surface area (Å²) in [5.41, 5.74) is 1.19. The lowest BCUT2D eigenvalue weighted by atomic mass is 10.2. The van der Waals surface area contributed by atoms with Crippen molar-refractivity contribution >= 4 is 18.6 Å². The highest BCUT2D eigenvalue weighted by molar-refractivity contribution is 5.87. The summed E-state index contributed by atoms with van der Waals surface area (Å²) in [6, 6.07) is 14.2. The Morgan fingerprint density at radius 3 is 1.11 bits per heavy atom. The Morgan fingerprint density at radius 2 is 0.857 bits per heavy atom. The van der Waals surface area contributed by atoms with Crippen LogP contribution >= 0.6 is 0 Å². The second-order valence-corrected chi connectivity index (χ2v) is 7.52. The van der Waals surface area contributed by atoms with Gasteiger partial charge in [-0.2, -0.15) is 0 Å². The van der Waals surface area contributed by atoms with Crippen LogP contribution in [-0.4, -0.2) is 61.1 Å². The van der Waals surface area contributed by atoms with Gasteiger partial charge in [-0.3, -0.25) is 0 Å². The molecule has 0 fully saturated rings. The third kappa shape index (κ3) is 6.50. The van der Waals surface area contributed by atoms with E-state index in [2.05, 4.69) is 15.0 Å². The molecule has 182 valence electrons. The molecule has 3 N–H and O–H groups in total. The molecule has 0 bridgehead atoms. The van der Waals surface area contributed by atoms with Crippen molar-refractivity contribution in [1.82, 2.24) is 0 Å². The van der Waals surface area contributed by atoms with Crippen LogP contribution in [0, 0.1) is 0 Å². The van der Waals surface area contributed by atoms with E-state index in [4.69, 9.17) is 14.2 Å². The number of aliphatic imine (C=N–C) groups is 3. The van der Waals surface area contributed by atoms with Gasteiger partial charge >= 0.3 is 0 Å². The number of benzene rings is 3. The average Bonchev–Trinajstić information content (AvgIpc) is 2.87. The lowest BCUT2D eigenvalue weighted by molar-refractivity contribution is 0.412. The van der Waals surface area contributed by atoms with E-state index in [1.54, 1.807) is 43.3 Å². The van der Waals surface area contributed by atoms with Crippen LogP contribution < -0.4 is 14.2 Å². The van der Waals surface area contributed by atoms with Gasteiger partial charge in [0.25, 0.3) is 0 Å². The minimum Gasteiger partial charge on any atom is -0.507 e. The van der Waals surface area contributed by atoms with Gasteiger partial charge in [-0.15, -0.1) is 0 Å². The molecule has 35 heavy (non-hydrogen) atoms. The highest BCUT2D eigenvalue weighted by Crippen LogP contribution is 2.26. The maximum absolute atomic E-state index is 10.2. The number of phenolic OH excluding ortho intramolecular Hbond substituents is 3. The van der Waals surface area contributed by atoms with E-state index in [0.29, 0.717) is 33.9 Å². The zero-order valence-corrected chi connectivity index (χ0v) is 19.8. The molecule has 0 aliphatic heterocycles. The van der Waals surface area contributed by atoms with Crippen LogP contribution in [0.25, 0.3) is 0 Å². The molecule has 0 amide bonds. The number of nitrogens with zero attached hydrogens (tertiary/aromatic N) is 3. The summed E-state index contributed by atoms with van der Waals surface area (Å²) in [6.07, 6.45) is 4.26. The van der Waals surface area contributed by atoms with Crippen LogP contribution in [-0.2, 0) is 0 Å². The highest BCUT2D eigenvalue weighted by atomic mass is 16.5. The molecule has 0 aliphatic rings. The summed E-state index contributed by atoms with van der Waals surface area (Å²) in [7, 11) is 4.56. The van der Waals surface area contributed by atoms with Crippen molar-refractivity contribution in [2.45, 2.75) is 12.7 Å². The predicted molar refractivity (Wildman–Crippen MR) is 135 cm³/mol. The molecule has 0 aliphatic carbocycles. The van der Waals surface area contributed by atoms with Gasteiger partial charge in [0.05, 0.1) is 21.3 Å². The molecule has 0 radical (unpaired) electrons. The van der Waals surface area contributed by atoms with Gasteiger partial charge in [0.2, 0.25) is 5.79 Å². The van der Waals surface area contributed by atoms with Gasteiger partial charge < -0.3 is 29.5 Å². The first-order valence-electron chi connectivity index (χ1n) is 10.5. The lowest BCUT2D eigenvalue weighted by Crippen LogP contribution is -2.17. The minimum atomic E-state index is -1.43. The number of hydrogen-bond acceptors (Lipinski definition) is 9. The summed E-state index contributed by atoms with van der Waals surface area (Å²) < 4.78 is 15.6. The molecule has 3 aromatic carbocycles. The zero-order chi connectivity index (χ0) is 25.4. The van der Waals surface area contributed by atoms with Crippen molar-refractivity contribution in [2.24, 2.45) is 15.0 Å². The van der Waals surface area contributed by atoms with Crippen molar-refractivity contribution in [1.29, 1.82) is 0 Å². The molecule has 9 heteroatoms. The first kappa shape index (κ1) is 25.1. The number of hydrogen-bond donors (Lipinski definition) is 3. The first-order valence-corrected chi connectivity index (χ1v) is 10.5. The van der Waals surface area contributed by atoms with Crippen LogP contribution in [0.3, 0.4) is 0 Å². The second kappa shape index (κ2) is 11.1. The maximum Gasteiger partial charge on any atom is 0.241 e. The van der Waals surface area contributed by atoms with Crippen LogP contribution in [0.2, 0.25) is 0 Å². The topological polar surface area (TPSA) is 125 Å². The Balaban J connectivity index is 2.04. The van der Waals surface area contributed by atoms with Crippen LogP contribution in [0.15, 0.2) is 69.6 Å². The molecule has 0 spiro atoms. The molecule has 0 saturated carbocycles. The smallest absolute Gasteiger partial charge is 0.241 e. The van der Waals surface area contributed by atoms with Crippen molar-refractivity contribution in [2.75, 3.05) is 21.3 Å². The molecule has 0 unspecified atom stereocenters. The number of ether oxygens (including phenoxy) is 3. The van der Waals surface area contributed by atoms with Gasteiger partial charge in [0.15, 0.2) is 0 Å². The molecular formula is C26H27N3O6. The Morgan fingerprint density at radius 1 is 0.571 bits per heavy atom. The van der Waals surface area contributed by atoms with E-state index in [9.17, 15) is 15.3 Å². The average molecular weight is 478 g/mol. The van der Waals surface area contributed by atoms with E-state index < -0.39 is 5.79 Å². The maximum atomic E-state index is 10.2. The molecule has 9 nitrogen and oxygen atoms in total. The van der Waals surface area contributed by atoms with Gasteiger partial charge in [0, 0.05) is 42.3 Å². The standard InChI is InChI=1S/C26H27N3O6/c1-26(27-14-17-11-20(33-2)5-8-23(17)30,28-15-18-12-21(34-3)6-9-24(18)31)29-16-19-13-22(35-4)7-10-25(19)32/h5-16,30-32H,1-4H3/b27-14+,28-15+,29-16+. The molecular weight excluding hydrogens is 450 g/mol. The molecule has 3 aromatic rings. The van der Waals surface area contributed by atoms with Crippen molar-refractivity contribution in [3.05, 3.63) is 71.3 Å². The number of phenols is 3. The number of methoxy groups -OCH3 is 3. The number of rotatable bonds is 9. The zero-order valence-electron chi connectivity index (χ0n) is 19.8.